The number of halogens is 1. The van der Waals surface area contributed by atoms with Crippen LogP contribution in [0.1, 0.15) is 52.7 Å². The van der Waals surface area contributed by atoms with Crippen molar-refractivity contribution >= 4 is 28.9 Å². The first-order valence-corrected chi connectivity index (χ1v) is 11.6. The van der Waals surface area contributed by atoms with Crippen molar-refractivity contribution in [1.29, 1.82) is 0 Å². The lowest BCUT2D eigenvalue weighted by molar-refractivity contribution is 0.102. The first-order valence-electron chi connectivity index (χ1n) is 11.2. The van der Waals surface area contributed by atoms with Gasteiger partial charge in [-0.1, -0.05) is 54.1 Å². The number of rotatable bonds is 3. The molecule has 0 unspecified atom stereocenters. The highest BCUT2D eigenvalue weighted by Crippen LogP contribution is 2.63. The van der Waals surface area contributed by atoms with Gasteiger partial charge in [-0.15, -0.1) is 0 Å². The van der Waals surface area contributed by atoms with Gasteiger partial charge in [0, 0.05) is 11.3 Å². The van der Waals surface area contributed by atoms with Crippen molar-refractivity contribution in [1.82, 2.24) is 0 Å². The second-order valence-electron chi connectivity index (χ2n) is 9.21. The number of carbonyl (C=O) groups excluding carboxylic acids is 1. The van der Waals surface area contributed by atoms with Crippen LogP contribution in [0.4, 0.5) is 11.4 Å². The smallest absolute Gasteiger partial charge is 0.255 e. The summed E-state index contributed by atoms with van der Waals surface area (Å²) in [6.45, 7) is 0. The van der Waals surface area contributed by atoms with Crippen molar-refractivity contribution in [3.05, 3.63) is 94.5 Å². The maximum Gasteiger partial charge on any atom is 0.255 e. The molecule has 3 aromatic carbocycles. The average Bonchev–Trinajstić information content (AvgIpc) is 3.43. The number of anilines is 2. The fourth-order valence-electron chi connectivity index (χ4n) is 6.37. The summed E-state index contributed by atoms with van der Waals surface area (Å²) in [6, 6.07) is 24.7. The van der Waals surface area contributed by atoms with E-state index < -0.39 is 0 Å². The molecule has 3 aliphatic rings. The van der Waals surface area contributed by atoms with Gasteiger partial charge in [-0.05, 0) is 84.4 Å². The third kappa shape index (κ3) is 3.14. The number of amides is 1. The lowest BCUT2D eigenvalue weighted by Gasteiger charge is -2.43. The van der Waals surface area contributed by atoms with Crippen LogP contribution in [0, 0.1) is 17.8 Å². The lowest BCUT2D eigenvalue weighted by Crippen LogP contribution is -2.35. The fourth-order valence-corrected chi connectivity index (χ4v) is 6.56. The van der Waals surface area contributed by atoms with E-state index in [0.717, 1.165) is 11.8 Å². The van der Waals surface area contributed by atoms with Gasteiger partial charge >= 0.3 is 0 Å². The monoisotopic (exact) mass is 428 g/mol. The predicted octanol–water partition coefficient (Wildman–Crippen LogP) is 6.89. The van der Waals surface area contributed by atoms with Gasteiger partial charge in [-0.25, -0.2) is 0 Å². The summed E-state index contributed by atoms with van der Waals surface area (Å²) in [5.41, 5.74) is 5.21. The van der Waals surface area contributed by atoms with Gasteiger partial charge in [0.15, 0.2) is 0 Å². The summed E-state index contributed by atoms with van der Waals surface area (Å²) in [7, 11) is 0. The minimum atomic E-state index is -0.110. The number of carbonyl (C=O) groups is 1. The van der Waals surface area contributed by atoms with Crippen molar-refractivity contribution in [2.24, 2.45) is 17.8 Å². The molecule has 4 heteroatoms. The molecule has 1 amide bonds. The molecule has 156 valence electrons. The van der Waals surface area contributed by atoms with Gasteiger partial charge in [-0.3, -0.25) is 4.79 Å². The number of hydrogen-bond donors (Lipinski definition) is 2. The average molecular weight is 429 g/mol. The molecule has 2 aliphatic carbocycles. The van der Waals surface area contributed by atoms with Crippen LogP contribution in [-0.4, -0.2) is 5.91 Å². The number of benzene rings is 3. The first kappa shape index (κ1) is 18.9. The first-order chi connectivity index (χ1) is 15.2. The van der Waals surface area contributed by atoms with Crippen LogP contribution in [0.3, 0.4) is 0 Å². The minimum absolute atomic E-state index is 0.110. The Balaban J connectivity index is 1.36. The molecule has 0 spiro atoms. The molecule has 3 nitrogen and oxygen atoms in total. The Hall–Kier alpha value is -2.78. The lowest BCUT2D eigenvalue weighted by atomic mass is 9.68. The molecule has 0 saturated heterocycles. The molecule has 1 aliphatic heterocycles. The summed E-state index contributed by atoms with van der Waals surface area (Å²) in [5, 5.41) is 7.36. The van der Waals surface area contributed by atoms with E-state index in [2.05, 4.69) is 53.1 Å². The molecule has 6 rings (SSSR count). The molecular weight excluding hydrogens is 404 g/mol. The van der Waals surface area contributed by atoms with Gasteiger partial charge in [0.2, 0.25) is 0 Å². The topological polar surface area (TPSA) is 41.1 Å². The van der Waals surface area contributed by atoms with Crippen LogP contribution >= 0.6 is 11.6 Å². The fraction of sp³-hybridized carbons (Fsp3) is 0.296. The van der Waals surface area contributed by atoms with Crippen LogP contribution in [0.5, 0.6) is 0 Å². The zero-order valence-corrected chi connectivity index (χ0v) is 18.0. The predicted molar refractivity (Wildman–Crippen MR) is 126 cm³/mol. The van der Waals surface area contributed by atoms with Crippen molar-refractivity contribution in [2.75, 3.05) is 10.6 Å². The highest BCUT2D eigenvalue weighted by molar-refractivity contribution is 6.33. The van der Waals surface area contributed by atoms with E-state index in [1.165, 1.54) is 36.1 Å². The number of para-hydroxylation sites is 1. The third-order valence-electron chi connectivity index (χ3n) is 7.63. The van der Waals surface area contributed by atoms with E-state index in [4.69, 9.17) is 11.6 Å². The van der Waals surface area contributed by atoms with Crippen LogP contribution in [0.15, 0.2) is 72.8 Å². The Bertz CT molecular complexity index is 1140. The van der Waals surface area contributed by atoms with E-state index in [9.17, 15) is 4.79 Å². The molecule has 2 N–H and O–H groups in total. The summed E-state index contributed by atoms with van der Waals surface area (Å²) in [6.07, 6.45) is 3.96. The van der Waals surface area contributed by atoms with E-state index in [1.54, 1.807) is 6.07 Å². The quantitative estimate of drug-likeness (QED) is 0.477. The van der Waals surface area contributed by atoms with Gasteiger partial charge in [0.25, 0.3) is 5.91 Å². The Morgan fingerprint density at radius 2 is 1.71 bits per heavy atom. The van der Waals surface area contributed by atoms with Gasteiger partial charge in [0.1, 0.15) is 0 Å². The van der Waals surface area contributed by atoms with E-state index in [-0.39, 0.29) is 5.91 Å². The molecule has 5 atom stereocenters. The van der Waals surface area contributed by atoms with Crippen molar-refractivity contribution in [3.8, 4) is 0 Å². The Labute approximate surface area is 187 Å². The maximum atomic E-state index is 13.0. The number of nitrogens with one attached hydrogen (secondary N) is 2. The zero-order chi connectivity index (χ0) is 20.9. The summed E-state index contributed by atoms with van der Waals surface area (Å²) in [4.78, 5) is 13.0. The van der Waals surface area contributed by atoms with Crippen LogP contribution < -0.4 is 10.6 Å². The van der Waals surface area contributed by atoms with Gasteiger partial charge < -0.3 is 10.6 Å². The van der Waals surface area contributed by atoms with Crippen LogP contribution in [-0.2, 0) is 0 Å². The molecule has 1 heterocycles. The van der Waals surface area contributed by atoms with Gasteiger partial charge in [-0.2, -0.15) is 0 Å². The molecule has 3 aromatic rings. The van der Waals surface area contributed by atoms with E-state index >= 15 is 0 Å². The molecule has 2 fully saturated rings. The number of fused-ring (bicyclic) bond motifs is 7. The SMILES string of the molecule is O=C(Nc1ccccc1Cl)c1ccc2c(c1)[C@H]1[C@H]3CC[C@@H](C3)[C@H]1[C@@H](c1ccccc1)N2. The molecule has 2 bridgehead atoms. The van der Waals surface area contributed by atoms with Crippen molar-refractivity contribution < 1.29 is 4.79 Å². The molecule has 0 radical (unpaired) electrons. The van der Waals surface area contributed by atoms with Crippen molar-refractivity contribution in [3.63, 3.8) is 0 Å². The molecule has 2 saturated carbocycles. The van der Waals surface area contributed by atoms with Crippen LogP contribution in [0.2, 0.25) is 5.02 Å². The zero-order valence-electron chi connectivity index (χ0n) is 17.2. The number of hydrogen-bond acceptors (Lipinski definition) is 2. The maximum absolute atomic E-state index is 13.0. The Morgan fingerprint density at radius 3 is 2.55 bits per heavy atom. The summed E-state index contributed by atoms with van der Waals surface area (Å²) >= 11 is 6.24. The highest BCUT2D eigenvalue weighted by Gasteiger charge is 2.53. The molecular formula is C27H25ClN2O. The molecule has 31 heavy (non-hydrogen) atoms. The second-order valence-corrected chi connectivity index (χ2v) is 9.61. The van der Waals surface area contributed by atoms with E-state index in [1.807, 2.05) is 24.3 Å². The standard InChI is InChI=1S/C27H25ClN2O/c28-21-8-4-5-9-23(21)30-27(31)19-12-13-22-20(15-19)24-17-10-11-18(14-17)25(24)26(29-22)16-6-2-1-3-7-16/h1-9,12-13,15,17-18,24-26,29H,10-11,14H2,(H,30,31)/t17-,18-,24+,25+,26+/m0/s1. The summed E-state index contributed by atoms with van der Waals surface area (Å²) < 4.78 is 0. The normalized spacial score (nSPS) is 27.8. The van der Waals surface area contributed by atoms with Crippen LogP contribution in [0.25, 0.3) is 0 Å². The minimum Gasteiger partial charge on any atom is -0.378 e. The second kappa shape index (κ2) is 7.42. The van der Waals surface area contributed by atoms with E-state index in [0.29, 0.717) is 34.2 Å². The Morgan fingerprint density at radius 1 is 0.935 bits per heavy atom. The molecule has 0 aromatic heterocycles. The Kier molecular flexibility index (Phi) is 4.53. The van der Waals surface area contributed by atoms with Gasteiger partial charge in [0.05, 0.1) is 16.8 Å². The summed E-state index contributed by atoms with van der Waals surface area (Å²) in [5.74, 6) is 2.50. The highest BCUT2D eigenvalue weighted by atomic mass is 35.5. The largest absolute Gasteiger partial charge is 0.378 e. The van der Waals surface area contributed by atoms with Crippen molar-refractivity contribution in [2.45, 2.75) is 31.2 Å². The third-order valence-corrected chi connectivity index (χ3v) is 7.96.